The first-order valence-electron chi connectivity index (χ1n) is 7.40. The van der Waals surface area contributed by atoms with Crippen molar-refractivity contribution in [1.82, 2.24) is 0 Å². The fourth-order valence-electron chi connectivity index (χ4n) is 2.14. The summed E-state index contributed by atoms with van der Waals surface area (Å²) in [7, 11) is 2.94. The van der Waals surface area contributed by atoms with Crippen molar-refractivity contribution in [2.24, 2.45) is 0 Å². The van der Waals surface area contributed by atoms with Crippen LogP contribution >= 0.6 is 0 Å². The minimum Gasteiger partial charge on any atom is -0.507 e. The number of methoxy groups -OCH3 is 2. The number of ketones is 1. The number of allylic oxidation sites excluding steroid dienone is 1. The van der Waals surface area contributed by atoms with Gasteiger partial charge in [0.05, 0.1) is 19.8 Å². The number of esters is 1. The van der Waals surface area contributed by atoms with E-state index < -0.39 is 5.97 Å². The van der Waals surface area contributed by atoms with Gasteiger partial charge in [-0.2, -0.15) is 0 Å². The van der Waals surface area contributed by atoms with E-state index in [-0.39, 0.29) is 22.8 Å². The molecule has 2 aromatic rings. The molecule has 2 aromatic carbocycles. The first-order chi connectivity index (χ1) is 11.9. The summed E-state index contributed by atoms with van der Waals surface area (Å²) >= 11 is 0. The Balaban J connectivity index is 2.23. The number of carbonyl (C=O) groups is 2. The molecule has 0 heterocycles. The molecule has 0 aliphatic heterocycles. The van der Waals surface area contributed by atoms with Gasteiger partial charge in [0.15, 0.2) is 17.3 Å². The number of phenolic OH excluding ortho intramolecular Hbond substituents is 1. The van der Waals surface area contributed by atoms with E-state index in [1.165, 1.54) is 39.4 Å². The number of phenols is 1. The number of hydrogen-bond donors (Lipinski definition) is 1. The summed E-state index contributed by atoms with van der Waals surface area (Å²) in [4.78, 5) is 23.4. The van der Waals surface area contributed by atoms with Gasteiger partial charge in [0.25, 0.3) is 0 Å². The molecule has 0 radical (unpaired) electrons. The van der Waals surface area contributed by atoms with Crippen molar-refractivity contribution in [2.45, 2.75) is 6.92 Å². The average molecular weight is 342 g/mol. The van der Waals surface area contributed by atoms with E-state index in [0.717, 1.165) is 0 Å². The van der Waals surface area contributed by atoms with Gasteiger partial charge in [0.2, 0.25) is 0 Å². The van der Waals surface area contributed by atoms with Crippen LogP contribution in [-0.4, -0.2) is 31.1 Å². The normalized spacial score (nSPS) is 10.5. The predicted molar refractivity (Wildman–Crippen MR) is 92.3 cm³/mol. The van der Waals surface area contributed by atoms with Gasteiger partial charge < -0.3 is 19.3 Å². The van der Waals surface area contributed by atoms with Crippen molar-refractivity contribution >= 4 is 17.8 Å². The van der Waals surface area contributed by atoms with Gasteiger partial charge in [0, 0.05) is 13.0 Å². The van der Waals surface area contributed by atoms with Crippen LogP contribution in [0.1, 0.15) is 22.8 Å². The molecule has 0 fully saturated rings. The molecule has 0 aromatic heterocycles. The van der Waals surface area contributed by atoms with Crippen molar-refractivity contribution in [3.8, 4) is 23.0 Å². The van der Waals surface area contributed by atoms with Gasteiger partial charge in [-0.3, -0.25) is 9.59 Å². The molecule has 0 saturated heterocycles. The Hall–Kier alpha value is -3.28. The highest BCUT2D eigenvalue weighted by Crippen LogP contribution is 2.29. The molecule has 0 unspecified atom stereocenters. The van der Waals surface area contributed by atoms with E-state index in [4.69, 9.17) is 14.2 Å². The van der Waals surface area contributed by atoms with Crippen LogP contribution in [0.25, 0.3) is 6.08 Å². The molecule has 2 rings (SSSR count). The molecule has 0 aliphatic carbocycles. The number of ether oxygens (including phenoxy) is 3. The lowest BCUT2D eigenvalue weighted by molar-refractivity contribution is -0.132. The summed E-state index contributed by atoms with van der Waals surface area (Å²) in [5.74, 6) is 0.121. The number of rotatable bonds is 6. The molecule has 0 aliphatic rings. The van der Waals surface area contributed by atoms with Crippen LogP contribution in [0.4, 0.5) is 0 Å². The Bertz CT molecular complexity index is 823. The molecule has 0 amide bonds. The summed E-state index contributed by atoms with van der Waals surface area (Å²) in [5.41, 5.74) is 0.796. The van der Waals surface area contributed by atoms with Crippen molar-refractivity contribution in [2.75, 3.05) is 14.2 Å². The molecular weight excluding hydrogens is 324 g/mol. The topological polar surface area (TPSA) is 82.1 Å². The van der Waals surface area contributed by atoms with Crippen LogP contribution in [0.3, 0.4) is 0 Å². The van der Waals surface area contributed by atoms with Crippen LogP contribution in [0, 0.1) is 0 Å². The van der Waals surface area contributed by atoms with E-state index in [0.29, 0.717) is 17.1 Å². The second-order valence-corrected chi connectivity index (χ2v) is 5.08. The van der Waals surface area contributed by atoms with Crippen LogP contribution in [-0.2, 0) is 4.79 Å². The molecule has 25 heavy (non-hydrogen) atoms. The second kappa shape index (κ2) is 8.01. The zero-order valence-corrected chi connectivity index (χ0v) is 14.1. The quantitative estimate of drug-likeness (QED) is 0.376. The highest BCUT2D eigenvalue weighted by atomic mass is 16.6. The summed E-state index contributed by atoms with van der Waals surface area (Å²) in [6.07, 6.45) is 2.87. The van der Waals surface area contributed by atoms with Gasteiger partial charge in [-0.25, -0.2) is 0 Å². The Morgan fingerprint density at radius 1 is 1.00 bits per heavy atom. The van der Waals surface area contributed by atoms with Crippen LogP contribution < -0.4 is 14.2 Å². The van der Waals surface area contributed by atoms with Crippen molar-refractivity contribution in [3.05, 3.63) is 53.6 Å². The third kappa shape index (κ3) is 4.60. The Labute approximate surface area is 145 Å². The van der Waals surface area contributed by atoms with Crippen molar-refractivity contribution < 1.29 is 28.9 Å². The van der Waals surface area contributed by atoms with E-state index >= 15 is 0 Å². The summed E-state index contributed by atoms with van der Waals surface area (Å²) in [6.45, 7) is 1.29. The summed E-state index contributed by atoms with van der Waals surface area (Å²) < 4.78 is 15.2. The molecule has 0 spiro atoms. The molecule has 0 saturated carbocycles. The Morgan fingerprint density at radius 3 is 2.36 bits per heavy atom. The standard InChI is InChI=1S/C19H18O6/c1-12(20)25-19-10-13(5-9-18(19)24-3)4-8-16(21)15-7-6-14(23-2)11-17(15)22/h4-11,22H,1-3H3. The van der Waals surface area contributed by atoms with E-state index in [1.54, 1.807) is 30.3 Å². The molecule has 6 nitrogen and oxygen atoms in total. The SMILES string of the molecule is COc1ccc(C(=O)C=Cc2ccc(OC)c(OC(C)=O)c2)c(O)c1. The minimum atomic E-state index is -0.473. The van der Waals surface area contributed by atoms with Gasteiger partial charge >= 0.3 is 5.97 Å². The lowest BCUT2D eigenvalue weighted by atomic mass is 10.1. The van der Waals surface area contributed by atoms with E-state index in [2.05, 4.69) is 0 Å². The highest BCUT2D eigenvalue weighted by Gasteiger charge is 2.10. The number of hydrogen-bond acceptors (Lipinski definition) is 6. The predicted octanol–water partition coefficient (Wildman–Crippen LogP) is 3.23. The molecular formula is C19H18O6. The maximum Gasteiger partial charge on any atom is 0.308 e. The van der Waals surface area contributed by atoms with Gasteiger partial charge in [-0.1, -0.05) is 12.1 Å². The monoisotopic (exact) mass is 342 g/mol. The van der Waals surface area contributed by atoms with E-state index in [9.17, 15) is 14.7 Å². The highest BCUT2D eigenvalue weighted by molar-refractivity contribution is 6.08. The second-order valence-electron chi connectivity index (χ2n) is 5.08. The van der Waals surface area contributed by atoms with Crippen LogP contribution in [0.15, 0.2) is 42.5 Å². The molecule has 0 atom stereocenters. The summed E-state index contributed by atoms with van der Waals surface area (Å²) in [5, 5.41) is 9.89. The average Bonchev–Trinajstić information content (AvgIpc) is 2.59. The molecule has 130 valence electrons. The lowest BCUT2D eigenvalue weighted by Crippen LogP contribution is -2.03. The van der Waals surface area contributed by atoms with E-state index in [1.807, 2.05) is 0 Å². The smallest absolute Gasteiger partial charge is 0.308 e. The Kier molecular flexibility index (Phi) is 5.79. The van der Waals surface area contributed by atoms with Crippen molar-refractivity contribution in [1.29, 1.82) is 0 Å². The zero-order valence-electron chi connectivity index (χ0n) is 14.1. The fourth-order valence-corrected chi connectivity index (χ4v) is 2.14. The van der Waals surface area contributed by atoms with Gasteiger partial charge in [-0.15, -0.1) is 0 Å². The third-order valence-electron chi connectivity index (χ3n) is 3.34. The van der Waals surface area contributed by atoms with Crippen LogP contribution in [0.5, 0.6) is 23.0 Å². The Morgan fingerprint density at radius 2 is 1.76 bits per heavy atom. The van der Waals surface area contributed by atoms with Crippen LogP contribution in [0.2, 0.25) is 0 Å². The molecule has 0 bridgehead atoms. The van der Waals surface area contributed by atoms with Gasteiger partial charge in [0.1, 0.15) is 11.5 Å². The number of carbonyl (C=O) groups excluding carboxylic acids is 2. The van der Waals surface area contributed by atoms with Crippen molar-refractivity contribution in [3.63, 3.8) is 0 Å². The molecule has 6 heteroatoms. The third-order valence-corrected chi connectivity index (χ3v) is 3.34. The number of aromatic hydroxyl groups is 1. The largest absolute Gasteiger partial charge is 0.507 e. The maximum absolute atomic E-state index is 12.2. The summed E-state index contributed by atoms with van der Waals surface area (Å²) in [6, 6.07) is 9.37. The minimum absolute atomic E-state index is 0.158. The zero-order chi connectivity index (χ0) is 18.4. The first kappa shape index (κ1) is 18.1. The molecule has 1 N–H and O–H groups in total. The first-order valence-corrected chi connectivity index (χ1v) is 7.40. The fraction of sp³-hybridized carbons (Fsp3) is 0.158. The lowest BCUT2D eigenvalue weighted by Gasteiger charge is -2.08. The number of benzene rings is 2. The van der Waals surface area contributed by atoms with Gasteiger partial charge in [-0.05, 0) is 35.9 Å². The maximum atomic E-state index is 12.2.